The van der Waals surface area contributed by atoms with Gasteiger partial charge < -0.3 is 20.3 Å². The molecule has 0 saturated carbocycles. The third kappa shape index (κ3) is 7.07. The van der Waals surface area contributed by atoms with E-state index in [1.54, 1.807) is 0 Å². The molecule has 0 spiro atoms. The number of rotatable bonds is 12. The van der Waals surface area contributed by atoms with Gasteiger partial charge in [-0.3, -0.25) is 14.9 Å². The number of carbonyl (C=O) groups excluding carboxylic acids is 3. The van der Waals surface area contributed by atoms with E-state index in [9.17, 15) is 14.4 Å². The number of nitrogens with zero attached hydrogens (tertiary/aromatic N) is 1. The molecule has 2 aromatic carbocycles. The van der Waals surface area contributed by atoms with Gasteiger partial charge in [-0.05, 0) is 36.3 Å². The zero-order valence-corrected chi connectivity index (χ0v) is 21.5. The summed E-state index contributed by atoms with van der Waals surface area (Å²) in [4.78, 5) is 39.8. The molecule has 36 heavy (non-hydrogen) atoms. The van der Waals surface area contributed by atoms with Gasteiger partial charge in [0.1, 0.15) is 11.6 Å². The molecule has 8 heteroatoms. The molecule has 2 aromatic rings. The number of amides is 3. The van der Waals surface area contributed by atoms with Crippen molar-refractivity contribution in [2.45, 2.75) is 51.1 Å². The van der Waals surface area contributed by atoms with Crippen molar-refractivity contribution in [3.63, 3.8) is 0 Å². The van der Waals surface area contributed by atoms with Crippen LogP contribution >= 0.6 is 0 Å². The van der Waals surface area contributed by atoms with E-state index in [-0.39, 0.29) is 11.8 Å². The van der Waals surface area contributed by atoms with Crippen molar-refractivity contribution in [2.75, 3.05) is 26.9 Å². The number of ether oxygens (including phenoxy) is 1. The lowest BCUT2D eigenvalue weighted by molar-refractivity contribution is -0.133. The summed E-state index contributed by atoms with van der Waals surface area (Å²) >= 11 is 0. The quantitative estimate of drug-likeness (QED) is 0.394. The first-order valence-electron chi connectivity index (χ1n) is 12.6. The van der Waals surface area contributed by atoms with E-state index in [1.807, 2.05) is 65.6 Å². The van der Waals surface area contributed by atoms with Crippen LogP contribution in [0.4, 0.5) is 4.79 Å². The van der Waals surface area contributed by atoms with Crippen LogP contribution in [0.1, 0.15) is 44.2 Å². The second-order valence-corrected chi connectivity index (χ2v) is 9.65. The monoisotopic (exact) mass is 494 g/mol. The van der Waals surface area contributed by atoms with Gasteiger partial charge in [-0.15, -0.1) is 0 Å². The highest BCUT2D eigenvalue weighted by Gasteiger charge is 2.47. The highest BCUT2D eigenvalue weighted by Crippen LogP contribution is 2.34. The van der Waals surface area contributed by atoms with Crippen LogP contribution in [0.15, 0.2) is 60.7 Å². The lowest BCUT2D eigenvalue weighted by Crippen LogP contribution is -2.48. The van der Waals surface area contributed by atoms with Crippen LogP contribution in [0, 0.1) is 5.92 Å². The molecule has 0 radical (unpaired) electrons. The largest absolute Gasteiger partial charge is 0.453 e. The fourth-order valence-electron chi connectivity index (χ4n) is 4.69. The maximum absolute atomic E-state index is 13.5. The van der Waals surface area contributed by atoms with Gasteiger partial charge >= 0.3 is 6.09 Å². The van der Waals surface area contributed by atoms with E-state index in [0.29, 0.717) is 38.5 Å². The predicted octanol–water partition coefficient (Wildman–Crippen LogP) is 3.18. The van der Waals surface area contributed by atoms with E-state index < -0.39 is 17.7 Å². The molecule has 2 atom stereocenters. The standard InChI is InChI=1S/C28H38N4O4/c1-21(2)19-28(23-14-8-5-9-15-23)26(34)32(20-30-28)17-11-10-16-29-25(33)24(31-27(35)36-3)18-22-12-6-4-7-13-22/h4-9,12-15,21,24,30H,10-11,16-20H2,1-3H3,(H,29,33)(H,31,35)/t24-,28?/m0/s1. The first-order chi connectivity index (χ1) is 17.4. The van der Waals surface area contributed by atoms with Gasteiger partial charge in [0.15, 0.2) is 0 Å². The van der Waals surface area contributed by atoms with Crippen LogP contribution in [0.5, 0.6) is 0 Å². The van der Waals surface area contributed by atoms with Gasteiger partial charge in [0.05, 0.1) is 13.8 Å². The molecular formula is C28H38N4O4. The Morgan fingerprint density at radius 3 is 2.36 bits per heavy atom. The molecule has 1 aliphatic rings. The van der Waals surface area contributed by atoms with Crippen molar-refractivity contribution in [1.82, 2.24) is 20.9 Å². The smallest absolute Gasteiger partial charge is 0.407 e. The number of unbranched alkanes of at least 4 members (excludes halogenated alkanes) is 1. The minimum atomic E-state index is -0.730. The van der Waals surface area contributed by atoms with Crippen molar-refractivity contribution in [1.29, 1.82) is 0 Å². The SMILES string of the molecule is COC(=O)N[C@@H](Cc1ccccc1)C(=O)NCCCCN1CNC(CC(C)C)(c2ccccc2)C1=O. The van der Waals surface area contributed by atoms with Crippen molar-refractivity contribution in [3.8, 4) is 0 Å². The second-order valence-electron chi connectivity index (χ2n) is 9.65. The van der Waals surface area contributed by atoms with E-state index in [2.05, 4.69) is 34.5 Å². The average Bonchev–Trinajstić information content (AvgIpc) is 3.19. The first kappa shape index (κ1) is 27.2. The maximum atomic E-state index is 13.5. The lowest BCUT2D eigenvalue weighted by atomic mass is 9.82. The molecule has 3 rings (SSSR count). The van der Waals surface area contributed by atoms with Crippen LogP contribution in [0.2, 0.25) is 0 Å². The zero-order valence-electron chi connectivity index (χ0n) is 21.5. The highest BCUT2D eigenvalue weighted by molar-refractivity contribution is 5.89. The van der Waals surface area contributed by atoms with Crippen molar-refractivity contribution in [2.24, 2.45) is 5.92 Å². The molecule has 194 valence electrons. The third-order valence-electron chi connectivity index (χ3n) is 6.44. The van der Waals surface area contributed by atoms with Crippen LogP contribution in [0.25, 0.3) is 0 Å². The van der Waals surface area contributed by atoms with Gasteiger partial charge in [0.2, 0.25) is 11.8 Å². The lowest BCUT2D eigenvalue weighted by Gasteiger charge is -2.30. The highest BCUT2D eigenvalue weighted by atomic mass is 16.5. The Kier molecular flexibility index (Phi) is 9.87. The minimum absolute atomic E-state index is 0.108. The predicted molar refractivity (Wildman–Crippen MR) is 139 cm³/mol. The van der Waals surface area contributed by atoms with E-state index in [1.165, 1.54) is 7.11 Å². The molecule has 3 amide bonds. The summed E-state index contributed by atoms with van der Waals surface area (Å²) < 4.78 is 4.68. The number of carbonyl (C=O) groups is 3. The number of alkyl carbamates (subject to hydrolysis) is 1. The summed E-state index contributed by atoms with van der Waals surface area (Å²) in [7, 11) is 1.27. The van der Waals surface area contributed by atoms with Gasteiger partial charge in [0, 0.05) is 19.5 Å². The number of hydrogen-bond acceptors (Lipinski definition) is 5. The summed E-state index contributed by atoms with van der Waals surface area (Å²) in [5, 5.41) is 9.01. The summed E-state index contributed by atoms with van der Waals surface area (Å²) in [6.07, 6.45) is 1.93. The van der Waals surface area contributed by atoms with Crippen LogP contribution in [-0.2, 0) is 26.3 Å². The van der Waals surface area contributed by atoms with Gasteiger partial charge in [-0.1, -0.05) is 74.5 Å². The Balaban J connectivity index is 1.49. The van der Waals surface area contributed by atoms with Crippen LogP contribution in [0.3, 0.4) is 0 Å². The number of benzene rings is 2. The molecule has 8 nitrogen and oxygen atoms in total. The Hall–Kier alpha value is -3.39. The summed E-state index contributed by atoms with van der Waals surface area (Å²) in [6.45, 7) is 5.84. The number of nitrogens with one attached hydrogen (secondary N) is 3. The van der Waals surface area contributed by atoms with Crippen molar-refractivity contribution in [3.05, 3.63) is 71.8 Å². The van der Waals surface area contributed by atoms with Crippen molar-refractivity contribution < 1.29 is 19.1 Å². The molecule has 1 aliphatic heterocycles. The molecule has 0 aromatic heterocycles. The number of methoxy groups -OCH3 is 1. The maximum Gasteiger partial charge on any atom is 0.407 e. The Labute approximate surface area is 213 Å². The second kappa shape index (κ2) is 13.1. The fourth-order valence-corrected chi connectivity index (χ4v) is 4.69. The Bertz CT molecular complexity index is 999. The number of hydrogen-bond donors (Lipinski definition) is 3. The summed E-state index contributed by atoms with van der Waals surface area (Å²) in [5.74, 6) is 0.207. The first-order valence-corrected chi connectivity index (χ1v) is 12.6. The normalized spacial score (nSPS) is 18.2. The minimum Gasteiger partial charge on any atom is -0.453 e. The van der Waals surface area contributed by atoms with Gasteiger partial charge in [-0.25, -0.2) is 4.79 Å². The molecule has 1 fully saturated rings. The van der Waals surface area contributed by atoms with Crippen LogP contribution in [-0.4, -0.2) is 55.7 Å². The third-order valence-corrected chi connectivity index (χ3v) is 6.44. The van der Waals surface area contributed by atoms with E-state index >= 15 is 0 Å². The molecule has 1 unspecified atom stereocenters. The van der Waals surface area contributed by atoms with Gasteiger partial charge in [0.25, 0.3) is 0 Å². The Morgan fingerprint density at radius 1 is 1.06 bits per heavy atom. The summed E-state index contributed by atoms with van der Waals surface area (Å²) in [6, 6.07) is 18.7. The van der Waals surface area contributed by atoms with Gasteiger partial charge in [-0.2, -0.15) is 0 Å². The molecular weight excluding hydrogens is 456 g/mol. The van der Waals surface area contributed by atoms with E-state index in [4.69, 9.17) is 0 Å². The zero-order chi connectivity index (χ0) is 26.0. The topological polar surface area (TPSA) is 99.8 Å². The van der Waals surface area contributed by atoms with E-state index in [0.717, 1.165) is 24.0 Å². The molecule has 1 saturated heterocycles. The fraction of sp³-hybridized carbons (Fsp3) is 0.464. The molecule has 1 heterocycles. The molecule has 0 bridgehead atoms. The summed E-state index contributed by atoms with van der Waals surface area (Å²) in [5.41, 5.74) is 1.26. The van der Waals surface area contributed by atoms with Crippen LogP contribution < -0.4 is 16.0 Å². The van der Waals surface area contributed by atoms with Crippen molar-refractivity contribution >= 4 is 17.9 Å². The molecule has 0 aliphatic carbocycles. The Morgan fingerprint density at radius 2 is 1.72 bits per heavy atom. The molecule has 3 N–H and O–H groups in total. The average molecular weight is 495 g/mol.